The molecule has 1 aliphatic rings. The van der Waals surface area contributed by atoms with Gasteiger partial charge in [-0.15, -0.1) is 0 Å². The molecule has 4 heterocycles. The Hall–Kier alpha value is -5.00. The average Bonchev–Trinajstić information content (AvgIpc) is 3.58. The fourth-order valence-electron chi connectivity index (χ4n) is 4.77. The zero-order chi connectivity index (χ0) is 30.2. The molecule has 1 fully saturated rings. The smallest absolute Gasteiger partial charge is 0.272 e. The van der Waals surface area contributed by atoms with Crippen molar-refractivity contribution in [3.05, 3.63) is 101 Å². The summed E-state index contributed by atoms with van der Waals surface area (Å²) in [5.74, 6) is -0.858. The fraction of sp³-hybridized carbons (Fsp3) is 0.250. The van der Waals surface area contributed by atoms with Gasteiger partial charge in [-0.3, -0.25) is 24.3 Å². The van der Waals surface area contributed by atoms with Crippen LogP contribution in [0.25, 0.3) is 12.2 Å². The lowest BCUT2D eigenvalue weighted by Gasteiger charge is -2.26. The number of morpholine rings is 1. The van der Waals surface area contributed by atoms with Crippen LogP contribution in [0.4, 0.5) is 11.4 Å². The Labute approximate surface area is 250 Å². The summed E-state index contributed by atoms with van der Waals surface area (Å²) in [5.41, 5.74) is 4.22. The second kappa shape index (κ2) is 13.8. The largest absolute Gasteiger partial charge is 0.379 e. The average molecular weight is 582 g/mol. The van der Waals surface area contributed by atoms with Crippen molar-refractivity contribution in [2.24, 2.45) is 14.1 Å². The summed E-state index contributed by atoms with van der Waals surface area (Å²) in [6.45, 7) is 4.43. The Morgan fingerprint density at radius 1 is 0.837 bits per heavy atom. The Balaban J connectivity index is 1.14. The number of amides is 3. The van der Waals surface area contributed by atoms with Crippen LogP contribution >= 0.6 is 0 Å². The van der Waals surface area contributed by atoms with Crippen LogP contribution in [0.2, 0.25) is 0 Å². The molecule has 3 amide bonds. The molecule has 1 aliphatic heterocycles. The van der Waals surface area contributed by atoms with Gasteiger partial charge in [0.1, 0.15) is 11.4 Å². The minimum absolute atomic E-state index is 0.210. The van der Waals surface area contributed by atoms with Crippen molar-refractivity contribution >= 4 is 41.2 Å². The van der Waals surface area contributed by atoms with Gasteiger partial charge < -0.3 is 29.8 Å². The first-order chi connectivity index (χ1) is 20.9. The second-order valence-corrected chi connectivity index (χ2v) is 10.3. The standard InChI is InChI=1S/C32H35N7O4/c1-37-22-27(18-28(37)31(41)34-12-13-39-14-16-43-17-15-39)36-32(42)29-19-26(21-38(29)2)35-30(40)25-9-7-23(8-10-25)5-6-24-4-3-11-33-20-24/h3-11,18-22H,12-17H2,1-2H3,(H,34,41)(H,35,40)(H,36,42)/b6-5+. The van der Waals surface area contributed by atoms with Crippen LogP contribution in [-0.4, -0.2) is 76.1 Å². The third-order valence-electron chi connectivity index (χ3n) is 7.13. The lowest BCUT2D eigenvalue weighted by atomic mass is 10.1. The molecule has 3 N–H and O–H groups in total. The van der Waals surface area contributed by atoms with Gasteiger partial charge in [-0.2, -0.15) is 0 Å². The maximum atomic E-state index is 13.1. The summed E-state index contributed by atoms with van der Waals surface area (Å²) in [5, 5.41) is 8.64. The number of nitrogens with zero attached hydrogens (tertiary/aromatic N) is 4. The molecule has 0 atom stereocenters. The van der Waals surface area contributed by atoms with Crippen LogP contribution in [0.15, 0.2) is 73.3 Å². The first-order valence-electron chi connectivity index (χ1n) is 14.1. The number of carbonyl (C=O) groups is 3. The zero-order valence-electron chi connectivity index (χ0n) is 24.2. The van der Waals surface area contributed by atoms with E-state index in [-0.39, 0.29) is 17.7 Å². The van der Waals surface area contributed by atoms with Crippen molar-refractivity contribution < 1.29 is 19.1 Å². The summed E-state index contributed by atoms with van der Waals surface area (Å²) in [6.07, 6.45) is 10.8. The Kier molecular flexibility index (Phi) is 9.45. The van der Waals surface area contributed by atoms with Crippen LogP contribution in [-0.2, 0) is 18.8 Å². The van der Waals surface area contributed by atoms with Crippen molar-refractivity contribution in [3.8, 4) is 0 Å². The van der Waals surface area contributed by atoms with Crippen LogP contribution in [0.3, 0.4) is 0 Å². The van der Waals surface area contributed by atoms with E-state index in [1.807, 2.05) is 36.4 Å². The number of anilines is 2. The Bertz CT molecular complexity index is 1600. The molecule has 43 heavy (non-hydrogen) atoms. The van der Waals surface area contributed by atoms with Crippen molar-refractivity contribution in [2.45, 2.75) is 0 Å². The number of nitrogens with one attached hydrogen (secondary N) is 3. The van der Waals surface area contributed by atoms with Crippen molar-refractivity contribution in [1.82, 2.24) is 24.3 Å². The summed E-state index contributed by atoms with van der Waals surface area (Å²) < 4.78 is 8.67. The van der Waals surface area contributed by atoms with Gasteiger partial charge in [-0.05, 0) is 41.5 Å². The summed E-state index contributed by atoms with van der Waals surface area (Å²) >= 11 is 0. The first kappa shape index (κ1) is 29.5. The number of ether oxygens (including phenoxy) is 1. The van der Waals surface area contributed by atoms with Gasteiger partial charge in [0.25, 0.3) is 17.7 Å². The van der Waals surface area contributed by atoms with E-state index in [0.29, 0.717) is 48.1 Å². The van der Waals surface area contributed by atoms with Gasteiger partial charge in [-0.25, -0.2) is 0 Å². The zero-order valence-corrected chi connectivity index (χ0v) is 24.2. The lowest BCUT2D eigenvalue weighted by molar-refractivity contribution is 0.0383. The molecule has 3 aromatic heterocycles. The van der Waals surface area contributed by atoms with E-state index in [4.69, 9.17) is 4.74 Å². The summed E-state index contributed by atoms with van der Waals surface area (Å²) in [4.78, 5) is 45.0. The van der Waals surface area contributed by atoms with Gasteiger partial charge in [-0.1, -0.05) is 30.4 Å². The van der Waals surface area contributed by atoms with Crippen molar-refractivity contribution in [2.75, 3.05) is 50.0 Å². The predicted molar refractivity (Wildman–Crippen MR) is 166 cm³/mol. The van der Waals surface area contributed by atoms with Crippen LogP contribution in [0.1, 0.15) is 42.5 Å². The highest BCUT2D eigenvalue weighted by molar-refractivity contribution is 6.07. The topological polar surface area (TPSA) is 123 Å². The third-order valence-corrected chi connectivity index (χ3v) is 7.13. The predicted octanol–water partition coefficient (Wildman–Crippen LogP) is 3.50. The minimum Gasteiger partial charge on any atom is -0.379 e. The molecule has 222 valence electrons. The number of pyridine rings is 1. The first-order valence-corrected chi connectivity index (χ1v) is 14.1. The van der Waals surface area contributed by atoms with Crippen molar-refractivity contribution in [1.29, 1.82) is 0 Å². The van der Waals surface area contributed by atoms with E-state index >= 15 is 0 Å². The number of hydrogen-bond acceptors (Lipinski definition) is 6. The molecule has 5 rings (SSSR count). The summed E-state index contributed by atoms with van der Waals surface area (Å²) in [6, 6.07) is 14.3. The molecule has 1 saturated heterocycles. The number of carbonyl (C=O) groups excluding carboxylic acids is 3. The number of aryl methyl sites for hydroxylation is 2. The van der Waals surface area contributed by atoms with Gasteiger partial charge >= 0.3 is 0 Å². The maximum absolute atomic E-state index is 13.1. The SMILES string of the molecule is Cn1cc(NC(=O)c2cc(NC(=O)c3ccc(/C=C/c4cccnc4)cc3)cn2C)cc1C(=O)NCCN1CCOCC1. The van der Waals surface area contributed by atoms with Crippen LogP contribution in [0.5, 0.6) is 0 Å². The van der Waals surface area contributed by atoms with Crippen molar-refractivity contribution in [3.63, 3.8) is 0 Å². The van der Waals surface area contributed by atoms with E-state index in [0.717, 1.165) is 30.8 Å². The normalized spacial score (nSPS) is 13.6. The van der Waals surface area contributed by atoms with E-state index in [1.54, 1.807) is 72.3 Å². The van der Waals surface area contributed by atoms with Gasteiger partial charge in [0, 0.05) is 70.6 Å². The highest BCUT2D eigenvalue weighted by atomic mass is 16.5. The highest BCUT2D eigenvalue weighted by Crippen LogP contribution is 2.19. The molecule has 0 radical (unpaired) electrons. The Morgan fingerprint density at radius 3 is 2.12 bits per heavy atom. The van der Waals surface area contributed by atoms with Gasteiger partial charge in [0.15, 0.2) is 0 Å². The summed E-state index contributed by atoms with van der Waals surface area (Å²) in [7, 11) is 3.48. The molecule has 1 aromatic carbocycles. The number of rotatable bonds is 10. The van der Waals surface area contributed by atoms with Gasteiger partial charge in [0.2, 0.25) is 0 Å². The Morgan fingerprint density at radius 2 is 1.47 bits per heavy atom. The van der Waals surface area contributed by atoms with E-state index < -0.39 is 0 Å². The monoisotopic (exact) mass is 581 g/mol. The fourth-order valence-corrected chi connectivity index (χ4v) is 4.77. The van der Waals surface area contributed by atoms with Crippen LogP contribution < -0.4 is 16.0 Å². The number of aromatic nitrogens is 3. The molecular weight excluding hydrogens is 546 g/mol. The van der Waals surface area contributed by atoms with E-state index in [9.17, 15) is 14.4 Å². The molecule has 4 aromatic rings. The van der Waals surface area contributed by atoms with E-state index in [2.05, 4.69) is 25.8 Å². The second-order valence-electron chi connectivity index (χ2n) is 10.3. The number of hydrogen-bond donors (Lipinski definition) is 3. The molecular formula is C32H35N7O4. The third kappa shape index (κ3) is 7.85. The lowest BCUT2D eigenvalue weighted by Crippen LogP contribution is -2.41. The molecule has 11 heteroatoms. The molecule has 0 unspecified atom stereocenters. The quantitative estimate of drug-likeness (QED) is 0.264. The van der Waals surface area contributed by atoms with Crippen LogP contribution in [0, 0.1) is 0 Å². The van der Waals surface area contributed by atoms with E-state index in [1.165, 1.54) is 0 Å². The molecule has 0 bridgehead atoms. The highest BCUT2D eigenvalue weighted by Gasteiger charge is 2.18. The maximum Gasteiger partial charge on any atom is 0.272 e. The number of benzene rings is 1. The molecule has 0 spiro atoms. The molecule has 11 nitrogen and oxygen atoms in total. The minimum atomic E-state index is -0.363. The molecule has 0 saturated carbocycles. The van der Waals surface area contributed by atoms with Gasteiger partial charge in [0.05, 0.1) is 24.6 Å². The molecule has 0 aliphatic carbocycles.